The van der Waals surface area contributed by atoms with Crippen molar-refractivity contribution in [2.24, 2.45) is 5.92 Å². The number of esters is 2. The van der Waals surface area contributed by atoms with Gasteiger partial charge in [-0.05, 0) is 18.4 Å². The first-order valence-corrected chi connectivity index (χ1v) is 8.06. The van der Waals surface area contributed by atoms with Gasteiger partial charge in [0.05, 0.1) is 25.6 Å². The van der Waals surface area contributed by atoms with Crippen LogP contribution in [0.3, 0.4) is 0 Å². The van der Waals surface area contributed by atoms with E-state index in [2.05, 4.69) is 10.1 Å². The molecule has 1 amide bonds. The monoisotopic (exact) mass is 364 g/mol. The Balaban J connectivity index is 2.34. The summed E-state index contributed by atoms with van der Waals surface area (Å²) in [6, 6.07) is 4.34. The third-order valence-electron chi connectivity index (χ3n) is 4.25. The molecule has 0 heterocycles. The molecule has 2 atom stereocenters. The van der Waals surface area contributed by atoms with Gasteiger partial charge in [0, 0.05) is 24.0 Å². The zero-order valence-electron chi connectivity index (χ0n) is 14.5. The lowest BCUT2D eigenvalue weighted by Gasteiger charge is -2.25. The second-order valence-corrected chi connectivity index (χ2v) is 6.02. The maximum atomic E-state index is 12.3. The minimum Gasteiger partial charge on any atom is -0.469 e. The van der Waals surface area contributed by atoms with Crippen LogP contribution in [0.15, 0.2) is 24.3 Å². The minimum absolute atomic E-state index is 0.123. The topological polar surface area (TPSA) is 125 Å². The van der Waals surface area contributed by atoms with E-state index in [0.29, 0.717) is 5.56 Å². The van der Waals surface area contributed by atoms with E-state index in [1.807, 2.05) is 0 Å². The number of rotatable bonds is 8. The van der Waals surface area contributed by atoms with Crippen LogP contribution in [-0.2, 0) is 23.9 Å². The number of nitro groups is 1. The highest BCUT2D eigenvalue weighted by Crippen LogP contribution is 2.31. The molecular formula is C17H20N2O7. The Morgan fingerprint density at radius 1 is 1.19 bits per heavy atom. The molecule has 1 aliphatic carbocycles. The van der Waals surface area contributed by atoms with Gasteiger partial charge in [-0.25, -0.2) is 4.79 Å². The number of carbonyl (C=O) groups excluding carboxylic acids is 3. The zero-order valence-corrected chi connectivity index (χ0v) is 14.5. The van der Waals surface area contributed by atoms with Crippen LogP contribution in [0, 0.1) is 16.0 Å². The second-order valence-electron chi connectivity index (χ2n) is 6.02. The second kappa shape index (κ2) is 8.41. The smallest absolute Gasteiger partial charge is 0.329 e. The van der Waals surface area contributed by atoms with E-state index in [-0.39, 0.29) is 23.9 Å². The Morgan fingerprint density at radius 2 is 1.81 bits per heavy atom. The fraction of sp³-hybridized carbons (Fsp3) is 0.471. The van der Waals surface area contributed by atoms with Gasteiger partial charge in [0.2, 0.25) is 5.91 Å². The predicted molar refractivity (Wildman–Crippen MR) is 89.1 cm³/mol. The van der Waals surface area contributed by atoms with E-state index in [1.54, 1.807) is 0 Å². The Kier molecular flexibility index (Phi) is 6.26. The Bertz CT molecular complexity index is 698. The van der Waals surface area contributed by atoms with Gasteiger partial charge < -0.3 is 14.8 Å². The van der Waals surface area contributed by atoms with Gasteiger partial charge >= 0.3 is 11.9 Å². The van der Waals surface area contributed by atoms with Gasteiger partial charge in [-0.15, -0.1) is 0 Å². The maximum Gasteiger partial charge on any atom is 0.329 e. The van der Waals surface area contributed by atoms with Crippen molar-refractivity contribution in [3.63, 3.8) is 0 Å². The maximum absolute atomic E-state index is 12.3. The molecule has 1 N–H and O–H groups in total. The third-order valence-corrected chi connectivity index (χ3v) is 4.25. The number of hydrogen-bond acceptors (Lipinski definition) is 7. The van der Waals surface area contributed by atoms with E-state index in [9.17, 15) is 24.5 Å². The van der Waals surface area contributed by atoms with E-state index in [1.165, 1.54) is 38.5 Å². The predicted octanol–water partition coefficient (Wildman–Crippen LogP) is 1.31. The van der Waals surface area contributed by atoms with Gasteiger partial charge in [-0.1, -0.05) is 12.1 Å². The number of benzene rings is 1. The summed E-state index contributed by atoms with van der Waals surface area (Å²) in [5.74, 6) is -2.48. The largest absolute Gasteiger partial charge is 0.469 e. The molecule has 0 radical (unpaired) electrons. The molecule has 26 heavy (non-hydrogen) atoms. The zero-order chi connectivity index (χ0) is 19.3. The average Bonchev–Trinajstić information content (AvgIpc) is 3.48. The minimum atomic E-state index is -1.10. The molecule has 0 unspecified atom stereocenters. The first-order valence-electron chi connectivity index (χ1n) is 8.06. The standard InChI is InChI=1S/C17H20N2O7/c1-25-14(20)9-13(10-5-7-12(8-6-10)19(23)24)15(17(22)26-2)18-16(21)11-3-4-11/h5-8,11,13,15H,3-4,9H2,1-2H3,(H,18,21)/t13-,15-/m1/s1. The van der Waals surface area contributed by atoms with Crippen molar-refractivity contribution in [1.82, 2.24) is 5.32 Å². The van der Waals surface area contributed by atoms with Crippen LogP contribution >= 0.6 is 0 Å². The third kappa shape index (κ3) is 4.78. The molecule has 1 fully saturated rings. The summed E-state index contributed by atoms with van der Waals surface area (Å²) in [7, 11) is 2.40. The summed E-state index contributed by atoms with van der Waals surface area (Å²) < 4.78 is 9.46. The number of carbonyl (C=O) groups is 3. The number of amides is 1. The number of nitro benzene ring substituents is 1. The van der Waals surface area contributed by atoms with Crippen LogP contribution in [0.4, 0.5) is 5.69 Å². The lowest BCUT2D eigenvalue weighted by atomic mass is 9.88. The van der Waals surface area contributed by atoms with Gasteiger partial charge in [-0.2, -0.15) is 0 Å². The lowest BCUT2D eigenvalue weighted by molar-refractivity contribution is -0.384. The highest BCUT2D eigenvalue weighted by atomic mass is 16.6. The Hall–Kier alpha value is -2.97. The summed E-state index contributed by atoms with van der Waals surface area (Å²) in [6.45, 7) is 0. The van der Waals surface area contributed by atoms with Crippen LogP contribution < -0.4 is 5.32 Å². The summed E-state index contributed by atoms with van der Waals surface area (Å²) >= 11 is 0. The highest BCUT2D eigenvalue weighted by molar-refractivity contribution is 5.88. The molecule has 9 heteroatoms. The molecule has 140 valence electrons. The number of nitrogens with zero attached hydrogens (tertiary/aromatic N) is 1. The first kappa shape index (κ1) is 19.4. The molecule has 0 aromatic heterocycles. The van der Waals surface area contributed by atoms with E-state index >= 15 is 0 Å². The fourth-order valence-electron chi connectivity index (χ4n) is 2.60. The SMILES string of the molecule is COC(=O)C[C@H](c1ccc([N+](=O)[O-])cc1)[C@@H](NC(=O)C1CC1)C(=O)OC. The number of methoxy groups -OCH3 is 2. The average molecular weight is 364 g/mol. The Morgan fingerprint density at radius 3 is 2.27 bits per heavy atom. The summed E-state index contributed by atoms with van der Waals surface area (Å²) in [5.41, 5.74) is 0.356. The van der Waals surface area contributed by atoms with Crippen molar-refractivity contribution < 1.29 is 28.8 Å². The molecule has 1 saturated carbocycles. The molecule has 1 aliphatic rings. The van der Waals surface area contributed by atoms with Gasteiger partial charge in [0.15, 0.2) is 0 Å². The van der Waals surface area contributed by atoms with Crippen molar-refractivity contribution in [2.45, 2.75) is 31.2 Å². The quantitative estimate of drug-likeness (QED) is 0.419. The van der Waals surface area contributed by atoms with E-state index in [0.717, 1.165) is 12.8 Å². The number of nitrogens with one attached hydrogen (secondary N) is 1. The molecule has 0 saturated heterocycles. The molecular weight excluding hydrogens is 344 g/mol. The molecule has 9 nitrogen and oxygen atoms in total. The van der Waals surface area contributed by atoms with Crippen LogP contribution in [0.5, 0.6) is 0 Å². The van der Waals surface area contributed by atoms with Crippen LogP contribution in [0.25, 0.3) is 0 Å². The molecule has 0 aliphatic heterocycles. The van der Waals surface area contributed by atoms with Crippen LogP contribution in [-0.4, -0.2) is 43.0 Å². The van der Waals surface area contributed by atoms with Crippen molar-refractivity contribution in [2.75, 3.05) is 14.2 Å². The Labute approximate surface area is 149 Å². The van der Waals surface area contributed by atoms with Crippen LogP contribution in [0.1, 0.15) is 30.7 Å². The van der Waals surface area contributed by atoms with Crippen molar-refractivity contribution in [1.29, 1.82) is 0 Å². The van der Waals surface area contributed by atoms with E-state index in [4.69, 9.17) is 4.74 Å². The highest BCUT2D eigenvalue weighted by Gasteiger charge is 2.38. The fourth-order valence-corrected chi connectivity index (χ4v) is 2.60. The molecule has 2 rings (SSSR count). The van der Waals surface area contributed by atoms with Gasteiger partial charge in [0.25, 0.3) is 5.69 Å². The number of non-ortho nitro benzene ring substituents is 1. The number of ether oxygens (including phenoxy) is 2. The van der Waals surface area contributed by atoms with Crippen LogP contribution in [0.2, 0.25) is 0 Å². The molecule has 1 aromatic carbocycles. The van der Waals surface area contributed by atoms with Gasteiger partial charge in [0.1, 0.15) is 6.04 Å². The van der Waals surface area contributed by atoms with E-state index < -0.39 is 28.8 Å². The lowest BCUT2D eigenvalue weighted by Crippen LogP contribution is -2.46. The van der Waals surface area contributed by atoms with Crippen molar-refractivity contribution in [3.8, 4) is 0 Å². The number of hydrogen-bond donors (Lipinski definition) is 1. The first-order chi connectivity index (χ1) is 12.4. The normalized spacial score (nSPS) is 15.5. The molecule has 0 spiro atoms. The summed E-state index contributed by atoms with van der Waals surface area (Å²) in [5, 5.41) is 13.5. The summed E-state index contributed by atoms with van der Waals surface area (Å²) in [6.07, 6.45) is 1.30. The summed E-state index contributed by atoms with van der Waals surface area (Å²) in [4.78, 5) is 46.5. The molecule has 1 aromatic rings. The van der Waals surface area contributed by atoms with Crippen molar-refractivity contribution in [3.05, 3.63) is 39.9 Å². The van der Waals surface area contributed by atoms with Crippen molar-refractivity contribution >= 4 is 23.5 Å². The van der Waals surface area contributed by atoms with Gasteiger partial charge in [-0.3, -0.25) is 19.7 Å². The molecule has 0 bridgehead atoms.